The minimum atomic E-state index is -0.132. The van der Waals surface area contributed by atoms with Gasteiger partial charge in [0.1, 0.15) is 5.75 Å². The molecule has 4 rings (SSSR count). The molecule has 174 valence electrons. The summed E-state index contributed by atoms with van der Waals surface area (Å²) in [5, 5.41) is 4.12. The highest BCUT2D eigenvalue weighted by Crippen LogP contribution is 2.32. The summed E-state index contributed by atoms with van der Waals surface area (Å²) in [5.41, 5.74) is 1.81. The van der Waals surface area contributed by atoms with Gasteiger partial charge in [0.15, 0.2) is 11.5 Å². The molecular weight excluding hydrogens is 422 g/mol. The lowest BCUT2D eigenvalue weighted by Gasteiger charge is -2.17. The van der Waals surface area contributed by atoms with Gasteiger partial charge < -0.3 is 23.6 Å². The summed E-state index contributed by atoms with van der Waals surface area (Å²) in [5.74, 6) is 3.48. The number of amides is 1. The van der Waals surface area contributed by atoms with Crippen LogP contribution >= 0.6 is 0 Å². The molecule has 0 saturated carbocycles. The van der Waals surface area contributed by atoms with Crippen molar-refractivity contribution in [2.75, 3.05) is 27.4 Å². The molecule has 33 heavy (non-hydrogen) atoms. The molecule has 8 nitrogen and oxygen atoms in total. The van der Waals surface area contributed by atoms with Gasteiger partial charge in [0, 0.05) is 25.1 Å². The number of rotatable bonds is 9. The van der Waals surface area contributed by atoms with Crippen molar-refractivity contribution in [2.24, 2.45) is 5.92 Å². The molecule has 2 aromatic carbocycles. The minimum Gasteiger partial charge on any atom is -0.493 e. The first-order valence-electron chi connectivity index (χ1n) is 11.0. The van der Waals surface area contributed by atoms with Crippen molar-refractivity contribution < 1.29 is 23.5 Å². The highest BCUT2D eigenvalue weighted by molar-refractivity contribution is 5.79. The zero-order valence-electron chi connectivity index (χ0n) is 19.4. The van der Waals surface area contributed by atoms with E-state index in [1.165, 1.54) is 0 Å². The molecule has 0 N–H and O–H groups in total. The summed E-state index contributed by atoms with van der Waals surface area (Å²) < 4.78 is 21.9. The van der Waals surface area contributed by atoms with Crippen molar-refractivity contribution in [3.63, 3.8) is 0 Å². The van der Waals surface area contributed by atoms with Crippen molar-refractivity contribution in [3.05, 3.63) is 53.9 Å². The van der Waals surface area contributed by atoms with Crippen LogP contribution in [-0.4, -0.2) is 48.3 Å². The number of likely N-dealkylation sites (tertiary alicyclic amines) is 1. The van der Waals surface area contributed by atoms with E-state index >= 15 is 0 Å². The van der Waals surface area contributed by atoms with Crippen LogP contribution in [0.15, 0.2) is 47.0 Å². The predicted octanol–water partition coefficient (Wildman–Crippen LogP) is 4.30. The van der Waals surface area contributed by atoms with Gasteiger partial charge in [0.05, 0.1) is 26.7 Å². The molecule has 1 aliphatic heterocycles. The van der Waals surface area contributed by atoms with Gasteiger partial charge in [-0.1, -0.05) is 25.1 Å². The van der Waals surface area contributed by atoms with E-state index in [-0.39, 0.29) is 11.8 Å². The lowest BCUT2D eigenvalue weighted by atomic mass is 10.1. The topological polar surface area (TPSA) is 86.9 Å². The average Bonchev–Trinajstić information content (AvgIpc) is 3.45. The maximum atomic E-state index is 12.6. The quantitative estimate of drug-likeness (QED) is 0.479. The van der Waals surface area contributed by atoms with E-state index < -0.39 is 0 Å². The van der Waals surface area contributed by atoms with Crippen LogP contribution in [0.4, 0.5) is 0 Å². The van der Waals surface area contributed by atoms with Crippen molar-refractivity contribution >= 4 is 5.91 Å². The van der Waals surface area contributed by atoms with Gasteiger partial charge in [-0.05, 0) is 47.9 Å². The monoisotopic (exact) mass is 451 g/mol. The molecule has 8 heteroatoms. The fraction of sp³-hybridized carbons (Fsp3) is 0.400. The molecule has 1 aromatic heterocycles. The van der Waals surface area contributed by atoms with Crippen molar-refractivity contribution in [1.82, 2.24) is 15.0 Å². The number of carbonyl (C=O) groups excluding carboxylic acids is 1. The summed E-state index contributed by atoms with van der Waals surface area (Å²) in [6, 6.07) is 13.3. The third kappa shape index (κ3) is 5.27. The number of hydrogen-bond acceptors (Lipinski definition) is 7. The number of ether oxygens (including phenoxy) is 3. The Bertz CT molecular complexity index is 1090. The fourth-order valence-corrected chi connectivity index (χ4v) is 3.77. The van der Waals surface area contributed by atoms with E-state index in [0.29, 0.717) is 55.2 Å². The maximum absolute atomic E-state index is 12.6. The molecule has 0 aliphatic carbocycles. The molecule has 0 bridgehead atoms. The first-order chi connectivity index (χ1) is 16.0. The zero-order valence-corrected chi connectivity index (χ0v) is 19.4. The second kappa shape index (κ2) is 9.94. The fourth-order valence-electron chi connectivity index (χ4n) is 3.77. The largest absolute Gasteiger partial charge is 0.493 e. The van der Waals surface area contributed by atoms with E-state index in [9.17, 15) is 4.79 Å². The third-order valence-electron chi connectivity index (χ3n) is 5.52. The highest BCUT2D eigenvalue weighted by Gasteiger charge is 2.34. The molecule has 1 amide bonds. The zero-order chi connectivity index (χ0) is 23.4. The van der Waals surface area contributed by atoms with Crippen LogP contribution in [0.3, 0.4) is 0 Å². The van der Waals surface area contributed by atoms with Crippen LogP contribution in [0.25, 0.3) is 11.4 Å². The van der Waals surface area contributed by atoms with Crippen LogP contribution in [0.5, 0.6) is 17.2 Å². The first-order valence-corrected chi connectivity index (χ1v) is 11.0. The summed E-state index contributed by atoms with van der Waals surface area (Å²) in [6.45, 7) is 5.89. The molecule has 0 radical (unpaired) electrons. The minimum absolute atomic E-state index is 0.0567. The third-order valence-corrected chi connectivity index (χ3v) is 5.52. The van der Waals surface area contributed by atoms with Crippen LogP contribution in [-0.2, 0) is 11.3 Å². The lowest BCUT2D eigenvalue weighted by molar-refractivity contribution is -0.128. The van der Waals surface area contributed by atoms with Crippen molar-refractivity contribution in [2.45, 2.75) is 32.7 Å². The predicted molar refractivity (Wildman–Crippen MR) is 122 cm³/mol. The Hall–Kier alpha value is -3.55. The van der Waals surface area contributed by atoms with Gasteiger partial charge in [-0.3, -0.25) is 4.79 Å². The van der Waals surface area contributed by atoms with E-state index in [1.807, 2.05) is 42.5 Å². The Morgan fingerprint density at radius 2 is 1.85 bits per heavy atom. The molecule has 1 aliphatic rings. The summed E-state index contributed by atoms with van der Waals surface area (Å²) in [7, 11) is 3.19. The van der Waals surface area contributed by atoms with Gasteiger partial charge in [0.2, 0.25) is 17.6 Å². The Balaban J connectivity index is 1.40. The smallest absolute Gasteiger partial charge is 0.232 e. The van der Waals surface area contributed by atoms with Crippen molar-refractivity contribution in [3.8, 4) is 28.6 Å². The Kier molecular flexibility index (Phi) is 6.82. The molecule has 0 spiro atoms. The number of hydrogen-bond donors (Lipinski definition) is 0. The molecule has 2 heterocycles. The van der Waals surface area contributed by atoms with Gasteiger partial charge >= 0.3 is 0 Å². The summed E-state index contributed by atoms with van der Waals surface area (Å²) in [4.78, 5) is 19.0. The van der Waals surface area contributed by atoms with E-state index in [4.69, 9.17) is 18.7 Å². The number of benzene rings is 2. The van der Waals surface area contributed by atoms with Crippen LogP contribution in [0.2, 0.25) is 0 Å². The molecule has 1 fully saturated rings. The van der Waals surface area contributed by atoms with Gasteiger partial charge in [-0.15, -0.1) is 0 Å². The lowest BCUT2D eigenvalue weighted by Crippen LogP contribution is -2.24. The Morgan fingerprint density at radius 1 is 1.09 bits per heavy atom. The van der Waals surface area contributed by atoms with Gasteiger partial charge in [-0.2, -0.15) is 4.98 Å². The van der Waals surface area contributed by atoms with Crippen molar-refractivity contribution in [1.29, 1.82) is 0 Å². The standard InChI is InChI=1S/C25H29N3O5/c1-16(2)15-32-20-8-6-18(7-9-20)24-26-25(33-27-24)19-12-23(29)28(14-19)13-17-5-10-21(30-3)22(11-17)31-4/h5-11,16,19H,12-15H2,1-4H3. The molecule has 1 saturated heterocycles. The molecule has 3 aromatic rings. The number of nitrogens with zero attached hydrogens (tertiary/aromatic N) is 3. The average molecular weight is 452 g/mol. The van der Waals surface area contributed by atoms with E-state index in [0.717, 1.165) is 16.9 Å². The number of carbonyl (C=O) groups is 1. The highest BCUT2D eigenvalue weighted by atomic mass is 16.5. The molecule has 1 atom stereocenters. The second-order valence-electron chi connectivity index (χ2n) is 8.55. The Morgan fingerprint density at radius 3 is 2.55 bits per heavy atom. The second-order valence-corrected chi connectivity index (χ2v) is 8.55. The van der Waals surface area contributed by atoms with E-state index in [1.54, 1.807) is 19.1 Å². The van der Waals surface area contributed by atoms with Gasteiger partial charge in [-0.25, -0.2) is 0 Å². The van der Waals surface area contributed by atoms with E-state index in [2.05, 4.69) is 24.0 Å². The van der Waals surface area contributed by atoms with Gasteiger partial charge in [0.25, 0.3) is 0 Å². The normalized spacial score (nSPS) is 15.8. The number of methoxy groups -OCH3 is 2. The summed E-state index contributed by atoms with van der Waals surface area (Å²) >= 11 is 0. The first kappa shape index (κ1) is 22.6. The summed E-state index contributed by atoms with van der Waals surface area (Å²) in [6.07, 6.45) is 0.344. The molecule has 1 unspecified atom stereocenters. The maximum Gasteiger partial charge on any atom is 0.232 e. The number of aromatic nitrogens is 2. The van der Waals surface area contributed by atoms with Crippen LogP contribution < -0.4 is 14.2 Å². The molecular formula is C25H29N3O5. The van der Waals surface area contributed by atoms with Crippen LogP contribution in [0, 0.1) is 5.92 Å². The Labute approximate surface area is 193 Å². The van der Waals surface area contributed by atoms with Crippen LogP contribution in [0.1, 0.15) is 37.6 Å². The SMILES string of the molecule is COc1ccc(CN2CC(c3nc(-c4ccc(OCC(C)C)cc4)no3)CC2=O)cc1OC.